The van der Waals surface area contributed by atoms with Gasteiger partial charge in [-0.05, 0) is 31.0 Å². The monoisotopic (exact) mass is 429 g/mol. The zero-order valence-corrected chi connectivity index (χ0v) is 16.6. The number of hydrogen-bond donors (Lipinski definition) is 2. The summed E-state index contributed by atoms with van der Waals surface area (Å²) in [5, 5.41) is 4.02. The molecule has 2 aromatic rings. The van der Waals surface area contributed by atoms with E-state index >= 15 is 0 Å². The zero-order chi connectivity index (χ0) is 20.3. The van der Waals surface area contributed by atoms with E-state index in [4.69, 9.17) is 23.2 Å². The van der Waals surface area contributed by atoms with E-state index in [1.807, 2.05) is 0 Å². The van der Waals surface area contributed by atoms with Crippen LogP contribution in [0.25, 0.3) is 10.9 Å². The topological polar surface area (TPSA) is 65.2 Å². The number of H-pyrrole nitrogens is 1. The molecule has 0 unspecified atom stereocenters. The Labute approximate surface area is 170 Å². The first-order valence-corrected chi connectivity index (χ1v) is 9.87. The lowest BCUT2D eigenvalue weighted by Gasteiger charge is -2.23. The van der Waals surface area contributed by atoms with Crippen LogP contribution in [0.3, 0.4) is 0 Å². The normalized spacial score (nSPS) is 24.0. The van der Waals surface area contributed by atoms with E-state index in [0.29, 0.717) is 40.3 Å². The first kappa shape index (κ1) is 19.5. The molecular formula is C19H19Cl2F2N3O2. The zero-order valence-electron chi connectivity index (χ0n) is 15.1. The standard InChI is InChI=1S/C19H19Cl2F2N3O2/c1-2-12(17(28)26-6-5-18(9-26)8-19(18,22)23)25-16(27)14-7-10-13(24-14)4-3-11(20)15(10)21/h3-4,7,12,24H,2,5-6,8-9H2,1H3,(H,25,27)/t12-,18+/m0/s1. The third-order valence-electron chi connectivity index (χ3n) is 5.82. The minimum absolute atomic E-state index is 0.0473. The number of alkyl halides is 2. The van der Waals surface area contributed by atoms with Crippen molar-refractivity contribution in [2.75, 3.05) is 13.1 Å². The Morgan fingerprint density at radius 3 is 2.68 bits per heavy atom. The van der Waals surface area contributed by atoms with Gasteiger partial charge in [0.15, 0.2) is 0 Å². The second kappa shape index (κ2) is 6.59. The number of amides is 2. The first-order valence-electron chi connectivity index (χ1n) is 9.12. The van der Waals surface area contributed by atoms with Crippen LogP contribution >= 0.6 is 23.2 Å². The maximum atomic E-state index is 13.6. The molecule has 2 amide bonds. The minimum atomic E-state index is -2.68. The Balaban J connectivity index is 1.47. The van der Waals surface area contributed by atoms with Crippen molar-refractivity contribution in [3.63, 3.8) is 0 Å². The molecule has 2 atom stereocenters. The number of rotatable bonds is 4. The fraction of sp³-hybridized carbons (Fsp3) is 0.474. The highest BCUT2D eigenvalue weighted by Crippen LogP contribution is 2.65. The van der Waals surface area contributed by atoms with Crippen molar-refractivity contribution < 1.29 is 18.4 Å². The molecule has 150 valence electrons. The largest absolute Gasteiger partial charge is 0.350 e. The molecule has 1 saturated heterocycles. The van der Waals surface area contributed by atoms with Crippen LogP contribution in [0.4, 0.5) is 8.78 Å². The van der Waals surface area contributed by atoms with Crippen molar-refractivity contribution >= 4 is 45.9 Å². The third-order valence-corrected chi connectivity index (χ3v) is 6.64. The van der Waals surface area contributed by atoms with Crippen molar-refractivity contribution in [1.29, 1.82) is 0 Å². The molecule has 1 aliphatic carbocycles. The van der Waals surface area contributed by atoms with Crippen LogP contribution < -0.4 is 5.32 Å². The maximum absolute atomic E-state index is 13.6. The molecule has 28 heavy (non-hydrogen) atoms. The highest BCUT2D eigenvalue weighted by molar-refractivity contribution is 6.45. The van der Waals surface area contributed by atoms with Gasteiger partial charge in [-0.15, -0.1) is 0 Å². The second-order valence-corrected chi connectivity index (χ2v) is 8.40. The van der Waals surface area contributed by atoms with Crippen LogP contribution in [0.1, 0.15) is 36.7 Å². The van der Waals surface area contributed by atoms with Gasteiger partial charge in [0, 0.05) is 30.4 Å². The molecule has 1 saturated carbocycles. The fourth-order valence-corrected chi connectivity index (χ4v) is 4.33. The maximum Gasteiger partial charge on any atom is 0.268 e. The molecule has 1 aliphatic heterocycles. The number of hydrogen-bond acceptors (Lipinski definition) is 2. The summed E-state index contributed by atoms with van der Waals surface area (Å²) in [6.07, 6.45) is 0.500. The molecule has 1 aromatic heterocycles. The summed E-state index contributed by atoms with van der Waals surface area (Å²) in [6, 6.07) is 4.13. The van der Waals surface area contributed by atoms with E-state index in [1.165, 1.54) is 4.90 Å². The average Bonchev–Trinajstić information content (AvgIpc) is 3.05. The molecule has 0 bridgehead atoms. The summed E-state index contributed by atoms with van der Waals surface area (Å²) < 4.78 is 27.1. The van der Waals surface area contributed by atoms with Gasteiger partial charge in [-0.25, -0.2) is 8.78 Å². The van der Waals surface area contributed by atoms with Gasteiger partial charge in [0.05, 0.1) is 15.5 Å². The number of halogens is 4. The molecule has 9 heteroatoms. The van der Waals surface area contributed by atoms with Gasteiger partial charge in [-0.2, -0.15) is 0 Å². The van der Waals surface area contributed by atoms with Crippen molar-refractivity contribution in [3.8, 4) is 0 Å². The Bertz CT molecular complexity index is 977. The second-order valence-electron chi connectivity index (χ2n) is 7.61. The lowest BCUT2D eigenvalue weighted by molar-refractivity contribution is -0.132. The summed E-state index contributed by atoms with van der Waals surface area (Å²) in [6.45, 7) is 2.11. The summed E-state index contributed by atoms with van der Waals surface area (Å²) in [4.78, 5) is 29.8. The van der Waals surface area contributed by atoms with Gasteiger partial charge in [0.25, 0.3) is 11.8 Å². The molecule has 2 heterocycles. The number of fused-ring (bicyclic) bond motifs is 1. The van der Waals surface area contributed by atoms with Crippen molar-refractivity contribution in [3.05, 3.63) is 33.9 Å². The van der Waals surface area contributed by atoms with Gasteiger partial charge in [-0.1, -0.05) is 30.1 Å². The molecular weight excluding hydrogens is 411 g/mol. The van der Waals surface area contributed by atoms with Gasteiger partial charge in [-0.3, -0.25) is 9.59 Å². The van der Waals surface area contributed by atoms with Gasteiger partial charge < -0.3 is 15.2 Å². The number of nitrogens with zero attached hydrogens (tertiary/aromatic N) is 1. The molecule has 0 radical (unpaired) electrons. The van der Waals surface area contributed by atoms with Crippen molar-refractivity contribution in [2.24, 2.45) is 5.41 Å². The average molecular weight is 430 g/mol. The number of benzene rings is 1. The molecule has 2 N–H and O–H groups in total. The Kier molecular flexibility index (Phi) is 4.58. The van der Waals surface area contributed by atoms with Gasteiger partial charge >= 0.3 is 0 Å². The Morgan fingerprint density at radius 1 is 1.36 bits per heavy atom. The lowest BCUT2D eigenvalue weighted by Crippen LogP contribution is -2.47. The van der Waals surface area contributed by atoms with Crippen LogP contribution in [-0.4, -0.2) is 46.8 Å². The van der Waals surface area contributed by atoms with Crippen LogP contribution in [-0.2, 0) is 4.79 Å². The van der Waals surface area contributed by atoms with Crippen molar-refractivity contribution in [2.45, 2.75) is 38.2 Å². The number of likely N-dealkylation sites (tertiary alicyclic amines) is 1. The molecule has 5 nitrogen and oxygen atoms in total. The fourth-order valence-electron chi connectivity index (χ4n) is 3.94. The molecule has 1 spiro atoms. The summed E-state index contributed by atoms with van der Waals surface area (Å²) >= 11 is 12.2. The Hall–Kier alpha value is -1.86. The Morgan fingerprint density at radius 2 is 2.07 bits per heavy atom. The predicted molar refractivity (Wildman–Crippen MR) is 103 cm³/mol. The van der Waals surface area contributed by atoms with E-state index in [1.54, 1.807) is 25.1 Å². The lowest BCUT2D eigenvalue weighted by atomic mass is 10.1. The number of aromatic nitrogens is 1. The van der Waals surface area contributed by atoms with Crippen LogP contribution in [0, 0.1) is 5.41 Å². The molecule has 4 rings (SSSR count). The van der Waals surface area contributed by atoms with Gasteiger partial charge in [0.2, 0.25) is 5.91 Å². The number of aromatic amines is 1. The molecule has 1 aromatic carbocycles. The van der Waals surface area contributed by atoms with E-state index in [9.17, 15) is 18.4 Å². The van der Waals surface area contributed by atoms with Crippen LogP contribution in [0.15, 0.2) is 18.2 Å². The van der Waals surface area contributed by atoms with Crippen LogP contribution in [0.2, 0.25) is 10.0 Å². The molecule has 2 aliphatic rings. The van der Waals surface area contributed by atoms with E-state index in [0.717, 1.165) is 0 Å². The summed E-state index contributed by atoms with van der Waals surface area (Å²) in [5.41, 5.74) is -0.161. The van der Waals surface area contributed by atoms with E-state index in [2.05, 4.69) is 10.3 Å². The van der Waals surface area contributed by atoms with Crippen LogP contribution in [0.5, 0.6) is 0 Å². The number of carbonyl (C=O) groups excluding carboxylic acids is 2. The van der Waals surface area contributed by atoms with Gasteiger partial charge in [0.1, 0.15) is 11.7 Å². The van der Waals surface area contributed by atoms with E-state index in [-0.39, 0.29) is 24.6 Å². The van der Waals surface area contributed by atoms with Crippen molar-refractivity contribution in [1.82, 2.24) is 15.2 Å². The highest BCUT2D eigenvalue weighted by Gasteiger charge is 2.73. The number of carbonyl (C=O) groups is 2. The SMILES string of the molecule is CC[C@H](NC(=O)c1cc2c(Cl)c(Cl)ccc2[nH]1)C(=O)N1CC[C@]2(C1)CC2(F)F. The highest BCUT2D eigenvalue weighted by atomic mass is 35.5. The summed E-state index contributed by atoms with van der Waals surface area (Å²) in [5.74, 6) is -3.47. The molecule has 2 fully saturated rings. The van der Waals surface area contributed by atoms with E-state index < -0.39 is 23.3 Å². The number of nitrogens with one attached hydrogen (secondary N) is 2. The predicted octanol–water partition coefficient (Wildman–Crippen LogP) is 4.24. The summed E-state index contributed by atoms with van der Waals surface area (Å²) in [7, 11) is 0. The quantitative estimate of drug-likeness (QED) is 0.762. The third kappa shape index (κ3) is 3.05. The minimum Gasteiger partial charge on any atom is -0.350 e. The first-order chi connectivity index (χ1) is 13.2. The smallest absolute Gasteiger partial charge is 0.268 e.